The highest BCUT2D eigenvalue weighted by atomic mass is 16.2. The second-order valence-electron chi connectivity index (χ2n) is 5.58. The Morgan fingerprint density at radius 3 is 2.47 bits per heavy atom. The van der Waals surface area contributed by atoms with Gasteiger partial charge in [-0.2, -0.15) is 0 Å². The molecular formula is C12H24N2O. The number of carbonyl (C=O) groups excluding carboxylic acids is 1. The second-order valence-corrected chi connectivity index (χ2v) is 5.58. The summed E-state index contributed by atoms with van der Waals surface area (Å²) in [6, 6.07) is 0.916. The van der Waals surface area contributed by atoms with E-state index in [1.165, 1.54) is 0 Å². The fourth-order valence-electron chi connectivity index (χ4n) is 2.22. The van der Waals surface area contributed by atoms with Gasteiger partial charge in [0.15, 0.2) is 0 Å². The zero-order valence-corrected chi connectivity index (χ0v) is 10.6. The van der Waals surface area contributed by atoms with Gasteiger partial charge in [-0.05, 0) is 47.0 Å². The van der Waals surface area contributed by atoms with Crippen LogP contribution in [-0.4, -0.2) is 28.6 Å². The van der Waals surface area contributed by atoms with Crippen LogP contribution in [0, 0.1) is 0 Å². The van der Waals surface area contributed by atoms with Gasteiger partial charge in [0.05, 0.1) is 0 Å². The minimum atomic E-state index is -0.141. The molecule has 1 aliphatic rings. The standard InChI is InChI=1S/C12H24N2O/c1-6-10-8-7-9(2)14(10)11(15)13-12(3,4)5/h9-10H,6-8H2,1-5H3,(H,13,15). The highest BCUT2D eigenvalue weighted by molar-refractivity contribution is 5.76. The first-order valence-electron chi connectivity index (χ1n) is 5.95. The summed E-state index contributed by atoms with van der Waals surface area (Å²) in [5.41, 5.74) is -0.141. The Labute approximate surface area is 93.2 Å². The van der Waals surface area contributed by atoms with E-state index >= 15 is 0 Å². The molecule has 3 heteroatoms. The molecule has 1 heterocycles. The Kier molecular flexibility index (Phi) is 3.63. The molecule has 0 saturated carbocycles. The molecular weight excluding hydrogens is 188 g/mol. The third-order valence-corrected chi connectivity index (χ3v) is 2.97. The second kappa shape index (κ2) is 4.42. The number of rotatable bonds is 1. The molecule has 2 unspecified atom stereocenters. The van der Waals surface area contributed by atoms with E-state index in [1.54, 1.807) is 0 Å². The first-order valence-corrected chi connectivity index (χ1v) is 5.95. The van der Waals surface area contributed by atoms with Crippen molar-refractivity contribution in [2.45, 2.75) is 71.5 Å². The van der Waals surface area contributed by atoms with E-state index in [1.807, 2.05) is 25.7 Å². The van der Waals surface area contributed by atoms with Crippen molar-refractivity contribution in [2.75, 3.05) is 0 Å². The lowest BCUT2D eigenvalue weighted by Gasteiger charge is -2.32. The van der Waals surface area contributed by atoms with Crippen molar-refractivity contribution >= 4 is 6.03 Å². The average molecular weight is 212 g/mol. The molecule has 0 aliphatic carbocycles. The number of urea groups is 1. The van der Waals surface area contributed by atoms with Gasteiger partial charge in [-0.25, -0.2) is 4.79 Å². The molecule has 0 aromatic heterocycles. The number of hydrogen-bond donors (Lipinski definition) is 1. The molecule has 1 saturated heterocycles. The number of nitrogens with zero attached hydrogens (tertiary/aromatic N) is 1. The van der Waals surface area contributed by atoms with Gasteiger partial charge >= 0.3 is 6.03 Å². The predicted molar refractivity (Wildman–Crippen MR) is 62.9 cm³/mol. The molecule has 1 aliphatic heterocycles. The number of amides is 2. The lowest BCUT2D eigenvalue weighted by Crippen LogP contribution is -2.51. The van der Waals surface area contributed by atoms with Crippen LogP contribution in [0.15, 0.2) is 0 Å². The van der Waals surface area contributed by atoms with Crippen LogP contribution in [0.5, 0.6) is 0 Å². The fourth-order valence-corrected chi connectivity index (χ4v) is 2.22. The van der Waals surface area contributed by atoms with Gasteiger partial charge in [-0.3, -0.25) is 0 Å². The summed E-state index contributed by atoms with van der Waals surface area (Å²) >= 11 is 0. The van der Waals surface area contributed by atoms with Gasteiger partial charge in [0.1, 0.15) is 0 Å². The quantitative estimate of drug-likeness (QED) is 0.712. The molecule has 0 spiro atoms. The summed E-state index contributed by atoms with van der Waals surface area (Å²) in [5, 5.41) is 3.04. The minimum absolute atomic E-state index is 0.0966. The van der Waals surface area contributed by atoms with Gasteiger partial charge in [0.2, 0.25) is 0 Å². The van der Waals surface area contributed by atoms with Crippen LogP contribution < -0.4 is 5.32 Å². The first-order chi connectivity index (χ1) is 6.85. The third kappa shape index (κ3) is 3.11. The molecule has 88 valence electrons. The number of carbonyl (C=O) groups is 1. The van der Waals surface area contributed by atoms with Gasteiger partial charge in [-0.1, -0.05) is 6.92 Å². The highest BCUT2D eigenvalue weighted by Crippen LogP contribution is 2.26. The summed E-state index contributed by atoms with van der Waals surface area (Å²) in [7, 11) is 0. The third-order valence-electron chi connectivity index (χ3n) is 2.97. The Hall–Kier alpha value is -0.730. The van der Waals surface area contributed by atoms with Crippen LogP contribution in [0.25, 0.3) is 0 Å². The molecule has 0 radical (unpaired) electrons. The molecule has 0 aromatic carbocycles. The zero-order chi connectivity index (χ0) is 11.6. The lowest BCUT2D eigenvalue weighted by atomic mass is 10.1. The zero-order valence-electron chi connectivity index (χ0n) is 10.6. The Bertz CT molecular complexity index is 232. The highest BCUT2D eigenvalue weighted by Gasteiger charge is 2.34. The number of likely N-dealkylation sites (tertiary alicyclic amines) is 1. The molecule has 1 fully saturated rings. The van der Waals surface area contributed by atoms with Crippen molar-refractivity contribution < 1.29 is 4.79 Å². The van der Waals surface area contributed by atoms with Gasteiger partial charge in [0, 0.05) is 17.6 Å². The van der Waals surface area contributed by atoms with Crippen molar-refractivity contribution in [3.8, 4) is 0 Å². The lowest BCUT2D eigenvalue weighted by molar-refractivity contribution is 0.166. The summed E-state index contributed by atoms with van der Waals surface area (Å²) in [6.07, 6.45) is 3.34. The van der Waals surface area contributed by atoms with Gasteiger partial charge in [0.25, 0.3) is 0 Å². The molecule has 3 nitrogen and oxygen atoms in total. The van der Waals surface area contributed by atoms with Crippen LogP contribution in [0.2, 0.25) is 0 Å². The summed E-state index contributed by atoms with van der Waals surface area (Å²) in [6.45, 7) is 10.4. The van der Waals surface area contributed by atoms with E-state index in [9.17, 15) is 4.79 Å². The van der Waals surface area contributed by atoms with E-state index in [4.69, 9.17) is 0 Å². The Morgan fingerprint density at radius 2 is 2.00 bits per heavy atom. The Morgan fingerprint density at radius 1 is 1.40 bits per heavy atom. The van der Waals surface area contributed by atoms with E-state index in [-0.39, 0.29) is 11.6 Å². The van der Waals surface area contributed by atoms with Crippen molar-refractivity contribution in [3.05, 3.63) is 0 Å². The van der Waals surface area contributed by atoms with Crippen LogP contribution in [-0.2, 0) is 0 Å². The summed E-state index contributed by atoms with van der Waals surface area (Å²) < 4.78 is 0. The molecule has 2 amide bonds. The average Bonchev–Trinajstić information content (AvgIpc) is 2.43. The van der Waals surface area contributed by atoms with Crippen molar-refractivity contribution in [1.29, 1.82) is 0 Å². The maximum atomic E-state index is 12.1. The fraction of sp³-hybridized carbons (Fsp3) is 0.917. The maximum Gasteiger partial charge on any atom is 0.318 e. The van der Waals surface area contributed by atoms with Crippen LogP contribution in [0.1, 0.15) is 53.9 Å². The predicted octanol–water partition coefficient (Wildman–Crippen LogP) is 2.76. The normalized spacial score (nSPS) is 26.9. The SMILES string of the molecule is CCC1CCC(C)N1C(=O)NC(C)(C)C. The summed E-state index contributed by atoms with van der Waals surface area (Å²) in [4.78, 5) is 14.1. The Balaban J connectivity index is 2.64. The van der Waals surface area contributed by atoms with Crippen molar-refractivity contribution in [2.24, 2.45) is 0 Å². The first kappa shape index (κ1) is 12.3. The molecule has 1 N–H and O–H groups in total. The van der Waals surface area contributed by atoms with Crippen LogP contribution in [0.3, 0.4) is 0 Å². The van der Waals surface area contributed by atoms with E-state index in [0.29, 0.717) is 12.1 Å². The number of nitrogens with one attached hydrogen (secondary N) is 1. The molecule has 0 bridgehead atoms. The monoisotopic (exact) mass is 212 g/mol. The topological polar surface area (TPSA) is 32.3 Å². The van der Waals surface area contributed by atoms with E-state index < -0.39 is 0 Å². The van der Waals surface area contributed by atoms with Crippen molar-refractivity contribution in [1.82, 2.24) is 10.2 Å². The molecule has 0 aromatic rings. The molecule has 15 heavy (non-hydrogen) atoms. The van der Waals surface area contributed by atoms with Crippen molar-refractivity contribution in [3.63, 3.8) is 0 Å². The smallest absolute Gasteiger partial charge is 0.318 e. The number of hydrogen-bond acceptors (Lipinski definition) is 1. The van der Waals surface area contributed by atoms with Crippen LogP contribution in [0.4, 0.5) is 4.79 Å². The summed E-state index contributed by atoms with van der Waals surface area (Å²) in [5.74, 6) is 0. The van der Waals surface area contributed by atoms with Gasteiger partial charge in [-0.15, -0.1) is 0 Å². The minimum Gasteiger partial charge on any atom is -0.333 e. The molecule has 2 atom stereocenters. The van der Waals surface area contributed by atoms with Gasteiger partial charge < -0.3 is 10.2 Å². The van der Waals surface area contributed by atoms with E-state index in [2.05, 4.69) is 19.2 Å². The van der Waals surface area contributed by atoms with Crippen LogP contribution >= 0.6 is 0 Å². The maximum absolute atomic E-state index is 12.1. The molecule has 1 rings (SSSR count). The largest absolute Gasteiger partial charge is 0.333 e. The van der Waals surface area contributed by atoms with E-state index in [0.717, 1.165) is 19.3 Å².